The van der Waals surface area contributed by atoms with Crippen LogP contribution in [0.3, 0.4) is 0 Å². The number of halogens is 1. The molecular formula is C27H35ClN2O3. The molecule has 0 unspecified atom stereocenters. The topological polar surface area (TPSA) is 58.6 Å². The molecule has 2 amide bonds. The van der Waals surface area contributed by atoms with Gasteiger partial charge in [0.05, 0.1) is 0 Å². The molecule has 33 heavy (non-hydrogen) atoms. The Morgan fingerprint density at radius 2 is 1.79 bits per heavy atom. The van der Waals surface area contributed by atoms with E-state index in [0.717, 1.165) is 47.9 Å². The average Bonchev–Trinajstić information content (AvgIpc) is 3.28. The average molecular weight is 471 g/mol. The number of ether oxygens (including phenoxy) is 1. The van der Waals surface area contributed by atoms with E-state index >= 15 is 0 Å². The second-order valence-electron chi connectivity index (χ2n) is 9.08. The van der Waals surface area contributed by atoms with Gasteiger partial charge in [-0.15, -0.1) is 0 Å². The van der Waals surface area contributed by atoms with Crippen molar-refractivity contribution in [2.75, 3.05) is 6.61 Å². The van der Waals surface area contributed by atoms with Crippen molar-refractivity contribution in [3.8, 4) is 5.75 Å². The third-order valence-electron chi connectivity index (χ3n) is 6.30. The van der Waals surface area contributed by atoms with Crippen LogP contribution in [0.5, 0.6) is 5.75 Å². The minimum atomic E-state index is -0.545. The molecule has 0 bridgehead atoms. The summed E-state index contributed by atoms with van der Waals surface area (Å²) in [4.78, 5) is 28.2. The maximum absolute atomic E-state index is 13.4. The predicted octanol–water partition coefficient (Wildman–Crippen LogP) is 5.51. The van der Waals surface area contributed by atoms with Crippen molar-refractivity contribution in [3.05, 3.63) is 63.7 Å². The maximum atomic E-state index is 13.4. The minimum Gasteiger partial charge on any atom is -0.484 e. The normalized spacial score (nSPS) is 14.7. The largest absolute Gasteiger partial charge is 0.484 e. The summed E-state index contributed by atoms with van der Waals surface area (Å²) < 4.78 is 5.85. The van der Waals surface area contributed by atoms with Gasteiger partial charge in [-0.1, -0.05) is 61.2 Å². The van der Waals surface area contributed by atoms with Crippen molar-refractivity contribution >= 4 is 23.4 Å². The first-order chi connectivity index (χ1) is 15.8. The number of hydrogen-bond donors (Lipinski definition) is 1. The van der Waals surface area contributed by atoms with E-state index in [1.165, 1.54) is 0 Å². The van der Waals surface area contributed by atoms with E-state index in [1.807, 2.05) is 58.0 Å². The molecule has 5 nitrogen and oxygen atoms in total. The van der Waals surface area contributed by atoms with Crippen LogP contribution >= 0.6 is 11.6 Å². The van der Waals surface area contributed by atoms with Crippen LogP contribution in [0.2, 0.25) is 5.02 Å². The van der Waals surface area contributed by atoms with Crippen molar-refractivity contribution in [3.63, 3.8) is 0 Å². The smallest absolute Gasteiger partial charge is 0.261 e. The lowest BCUT2D eigenvalue weighted by atomic mass is 10.1. The quantitative estimate of drug-likeness (QED) is 0.525. The molecule has 0 radical (unpaired) electrons. The summed E-state index contributed by atoms with van der Waals surface area (Å²) in [6.45, 7) is 8.01. The van der Waals surface area contributed by atoms with Crippen LogP contribution in [0.1, 0.15) is 61.3 Å². The van der Waals surface area contributed by atoms with Gasteiger partial charge < -0.3 is 15.0 Å². The number of carbonyl (C=O) groups excluding carboxylic acids is 2. The number of rotatable bonds is 9. The fourth-order valence-electron chi connectivity index (χ4n) is 4.51. The number of hydrogen-bond acceptors (Lipinski definition) is 3. The molecule has 1 atom stereocenters. The van der Waals surface area contributed by atoms with Crippen LogP contribution in [-0.4, -0.2) is 35.4 Å². The number of aryl methyl sites for hydroxylation is 3. The number of benzene rings is 2. The molecule has 2 aromatic rings. The van der Waals surface area contributed by atoms with Gasteiger partial charge in [-0.2, -0.15) is 0 Å². The van der Waals surface area contributed by atoms with Crippen LogP contribution in [0.4, 0.5) is 0 Å². The van der Waals surface area contributed by atoms with E-state index in [4.69, 9.17) is 16.3 Å². The zero-order chi connectivity index (χ0) is 24.0. The highest BCUT2D eigenvalue weighted by molar-refractivity contribution is 6.32. The van der Waals surface area contributed by atoms with Gasteiger partial charge in [-0.05, 0) is 68.9 Å². The van der Waals surface area contributed by atoms with E-state index < -0.39 is 6.04 Å². The molecule has 0 aromatic heterocycles. The Kier molecular flexibility index (Phi) is 8.79. The lowest BCUT2D eigenvalue weighted by Gasteiger charge is -2.31. The van der Waals surface area contributed by atoms with Gasteiger partial charge in [-0.25, -0.2) is 0 Å². The van der Waals surface area contributed by atoms with Gasteiger partial charge in [0.15, 0.2) is 6.61 Å². The monoisotopic (exact) mass is 470 g/mol. The highest BCUT2D eigenvalue weighted by Gasteiger charge is 2.31. The highest BCUT2D eigenvalue weighted by Crippen LogP contribution is 2.26. The number of nitrogens with zero attached hydrogens (tertiary/aromatic N) is 1. The molecule has 1 saturated carbocycles. The van der Waals surface area contributed by atoms with Crippen LogP contribution in [0.15, 0.2) is 36.4 Å². The number of carbonyl (C=O) groups is 2. The molecule has 0 heterocycles. The lowest BCUT2D eigenvalue weighted by Crippen LogP contribution is -2.52. The van der Waals surface area contributed by atoms with Gasteiger partial charge in [-0.3, -0.25) is 9.59 Å². The summed E-state index contributed by atoms with van der Waals surface area (Å²) in [6.07, 6.45) is 4.83. The first-order valence-electron chi connectivity index (χ1n) is 11.8. The van der Waals surface area contributed by atoms with Crippen LogP contribution in [0.25, 0.3) is 0 Å². The molecule has 1 fully saturated rings. The standard InChI is InChI=1S/C27H35ClN2O3/c1-5-24(27(32)29-22-11-6-7-12-22)30(16-21-10-8-9-18(2)13-21)25(31)17-33-23-14-19(3)26(28)20(4)15-23/h8-10,13-15,22,24H,5-7,11-12,16-17H2,1-4H3,(H,29,32)/t24-/m1/s1. The first-order valence-corrected chi connectivity index (χ1v) is 12.2. The summed E-state index contributed by atoms with van der Waals surface area (Å²) in [5, 5.41) is 3.87. The van der Waals surface area contributed by atoms with E-state index in [-0.39, 0.29) is 24.5 Å². The zero-order valence-electron chi connectivity index (χ0n) is 20.1. The van der Waals surface area contributed by atoms with Gasteiger partial charge in [0.1, 0.15) is 11.8 Å². The van der Waals surface area contributed by atoms with Crippen molar-refractivity contribution in [1.82, 2.24) is 10.2 Å². The van der Waals surface area contributed by atoms with Gasteiger partial charge >= 0.3 is 0 Å². The van der Waals surface area contributed by atoms with Gasteiger partial charge in [0, 0.05) is 17.6 Å². The summed E-state index contributed by atoms with van der Waals surface area (Å²) >= 11 is 6.26. The molecule has 0 saturated heterocycles. The summed E-state index contributed by atoms with van der Waals surface area (Å²) in [5.74, 6) is 0.306. The fourth-order valence-corrected chi connectivity index (χ4v) is 4.62. The summed E-state index contributed by atoms with van der Waals surface area (Å²) in [5.41, 5.74) is 3.91. The van der Waals surface area contributed by atoms with Crippen molar-refractivity contribution < 1.29 is 14.3 Å². The number of nitrogens with one attached hydrogen (secondary N) is 1. The third-order valence-corrected chi connectivity index (χ3v) is 6.89. The Morgan fingerprint density at radius 1 is 1.12 bits per heavy atom. The zero-order valence-corrected chi connectivity index (χ0v) is 20.9. The van der Waals surface area contributed by atoms with E-state index in [2.05, 4.69) is 11.4 Å². The Hall–Kier alpha value is -2.53. The Morgan fingerprint density at radius 3 is 2.39 bits per heavy atom. The molecule has 1 N–H and O–H groups in total. The second-order valence-corrected chi connectivity index (χ2v) is 9.46. The van der Waals surface area contributed by atoms with Crippen LogP contribution in [0, 0.1) is 20.8 Å². The van der Waals surface area contributed by atoms with E-state index in [9.17, 15) is 9.59 Å². The third kappa shape index (κ3) is 6.73. The maximum Gasteiger partial charge on any atom is 0.261 e. The molecule has 3 rings (SSSR count). The molecule has 178 valence electrons. The molecule has 6 heteroatoms. The Balaban J connectivity index is 1.78. The van der Waals surface area contributed by atoms with Gasteiger partial charge in [0.25, 0.3) is 5.91 Å². The molecule has 1 aliphatic rings. The Labute approximate surface area is 202 Å². The SMILES string of the molecule is CC[C@H](C(=O)NC1CCCC1)N(Cc1cccc(C)c1)C(=O)COc1cc(C)c(Cl)c(C)c1. The molecule has 0 aliphatic heterocycles. The molecule has 2 aromatic carbocycles. The highest BCUT2D eigenvalue weighted by atomic mass is 35.5. The van der Waals surface area contributed by atoms with Crippen LogP contribution < -0.4 is 10.1 Å². The second kappa shape index (κ2) is 11.6. The minimum absolute atomic E-state index is 0.0800. The Bertz CT molecular complexity index is 962. The van der Waals surface area contributed by atoms with Crippen molar-refractivity contribution in [2.45, 2.75) is 78.4 Å². The van der Waals surface area contributed by atoms with E-state index in [1.54, 1.807) is 4.90 Å². The molecule has 0 spiro atoms. The van der Waals surface area contributed by atoms with Crippen molar-refractivity contribution in [1.29, 1.82) is 0 Å². The lowest BCUT2D eigenvalue weighted by molar-refractivity contribution is -0.143. The number of amides is 2. The van der Waals surface area contributed by atoms with Crippen LogP contribution in [-0.2, 0) is 16.1 Å². The van der Waals surface area contributed by atoms with Crippen molar-refractivity contribution in [2.24, 2.45) is 0 Å². The fraction of sp³-hybridized carbons (Fsp3) is 0.481. The first kappa shape index (κ1) is 25.1. The summed E-state index contributed by atoms with van der Waals surface area (Å²) in [7, 11) is 0. The molecule has 1 aliphatic carbocycles. The van der Waals surface area contributed by atoms with Gasteiger partial charge in [0.2, 0.25) is 5.91 Å². The predicted molar refractivity (Wildman–Crippen MR) is 133 cm³/mol. The molecular weight excluding hydrogens is 436 g/mol. The summed E-state index contributed by atoms with van der Waals surface area (Å²) in [6, 6.07) is 11.4. The van der Waals surface area contributed by atoms with E-state index in [0.29, 0.717) is 23.7 Å².